The van der Waals surface area contributed by atoms with Crippen LogP contribution in [0.1, 0.15) is 10.5 Å². The number of ether oxygens (including phenoxy) is 1. The van der Waals surface area contributed by atoms with Crippen molar-refractivity contribution in [3.05, 3.63) is 11.2 Å². The minimum absolute atomic E-state index is 0.278. The van der Waals surface area contributed by atoms with Gasteiger partial charge in [0.15, 0.2) is 9.90 Å². The summed E-state index contributed by atoms with van der Waals surface area (Å²) in [6.07, 6.45) is 0.994. The van der Waals surface area contributed by atoms with Gasteiger partial charge < -0.3 is 4.74 Å². The van der Waals surface area contributed by atoms with Crippen molar-refractivity contribution in [1.82, 2.24) is 9.71 Å². The number of nitrogens with one attached hydrogen (secondary N) is 1. The SMILES string of the molecule is COC(=O)c1ncsc1S(=O)(=O)NCCS(C)(=O)=O. The Kier molecular flexibility index (Phi) is 5.01. The lowest BCUT2D eigenvalue weighted by Crippen LogP contribution is -2.29. The molecule has 0 saturated heterocycles. The lowest BCUT2D eigenvalue weighted by molar-refractivity contribution is 0.0590. The first-order valence-corrected chi connectivity index (χ1v) is 9.29. The third-order valence-electron chi connectivity index (χ3n) is 1.92. The number of methoxy groups -OCH3 is 1. The summed E-state index contributed by atoms with van der Waals surface area (Å²) in [4.78, 5) is 14.9. The average Bonchev–Trinajstić information content (AvgIpc) is 2.75. The summed E-state index contributed by atoms with van der Waals surface area (Å²) < 4.78 is 51.8. The summed E-state index contributed by atoms with van der Waals surface area (Å²) >= 11 is 0.746. The first-order valence-electron chi connectivity index (χ1n) is 4.86. The zero-order valence-electron chi connectivity index (χ0n) is 10.1. The second-order valence-corrected chi connectivity index (χ2v) is 8.58. The fraction of sp³-hybridized carbons (Fsp3) is 0.500. The van der Waals surface area contributed by atoms with E-state index in [2.05, 4.69) is 14.4 Å². The second kappa shape index (κ2) is 5.94. The first kappa shape index (κ1) is 16.0. The molecule has 0 saturated carbocycles. The molecule has 108 valence electrons. The van der Waals surface area contributed by atoms with Gasteiger partial charge in [-0.3, -0.25) is 0 Å². The molecule has 0 spiro atoms. The van der Waals surface area contributed by atoms with Crippen molar-refractivity contribution in [2.45, 2.75) is 4.21 Å². The molecule has 0 bridgehead atoms. The fourth-order valence-electron chi connectivity index (χ4n) is 1.09. The molecular weight excluding hydrogens is 316 g/mol. The predicted molar refractivity (Wildman–Crippen MR) is 68.4 cm³/mol. The van der Waals surface area contributed by atoms with Crippen LogP contribution in [0.15, 0.2) is 9.72 Å². The topological polar surface area (TPSA) is 120 Å². The van der Waals surface area contributed by atoms with Crippen molar-refractivity contribution >= 4 is 37.2 Å². The van der Waals surface area contributed by atoms with Gasteiger partial charge in [-0.05, 0) is 0 Å². The summed E-state index contributed by atoms with van der Waals surface area (Å²) in [6, 6.07) is 0. The van der Waals surface area contributed by atoms with Crippen LogP contribution in [-0.4, -0.2) is 53.5 Å². The number of sulfone groups is 1. The highest BCUT2D eigenvalue weighted by Crippen LogP contribution is 2.20. The molecule has 19 heavy (non-hydrogen) atoms. The number of aromatic nitrogens is 1. The Balaban J connectivity index is 2.90. The van der Waals surface area contributed by atoms with E-state index < -0.39 is 25.8 Å². The highest BCUT2D eigenvalue weighted by molar-refractivity contribution is 7.92. The summed E-state index contributed by atoms with van der Waals surface area (Å²) in [5.74, 6) is -1.21. The van der Waals surface area contributed by atoms with Gasteiger partial charge in [-0.15, -0.1) is 11.3 Å². The van der Waals surface area contributed by atoms with Gasteiger partial charge in [-0.2, -0.15) is 0 Å². The molecule has 8 nitrogen and oxygen atoms in total. The van der Waals surface area contributed by atoms with Crippen LogP contribution in [0.25, 0.3) is 0 Å². The van der Waals surface area contributed by atoms with Crippen molar-refractivity contribution in [2.75, 3.05) is 25.7 Å². The molecule has 0 radical (unpaired) electrons. The van der Waals surface area contributed by atoms with Gasteiger partial charge in [0.2, 0.25) is 0 Å². The number of nitrogens with zero attached hydrogens (tertiary/aromatic N) is 1. The van der Waals surface area contributed by atoms with Gasteiger partial charge >= 0.3 is 5.97 Å². The van der Waals surface area contributed by atoms with Crippen LogP contribution in [0.2, 0.25) is 0 Å². The maximum Gasteiger partial charge on any atom is 0.358 e. The molecule has 0 aromatic carbocycles. The van der Waals surface area contributed by atoms with Gasteiger partial charge in [-0.1, -0.05) is 0 Å². The molecule has 1 heterocycles. The molecule has 0 unspecified atom stereocenters. The van der Waals surface area contributed by atoms with Crippen molar-refractivity contribution in [2.24, 2.45) is 0 Å². The van der Waals surface area contributed by atoms with Crippen LogP contribution in [0, 0.1) is 0 Å². The van der Waals surface area contributed by atoms with E-state index in [9.17, 15) is 21.6 Å². The van der Waals surface area contributed by atoms with Crippen LogP contribution in [0.3, 0.4) is 0 Å². The lowest BCUT2D eigenvalue weighted by Gasteiger charge is -2.05. The Morgan fingerprint density at radius 2 is 2.05 bits per heavy atom. The Morgan fingerprint density at radius 1 is 1.42 bits per heavy atom. The molecule has 0 amide bonds. The molecule has 1 N–H and O–H groups in total. The number of carbonyl (C=O) groups is 1. The fourth-order valence-corrected chi connectivity index (χ4v) is 3.89. The van der Waals surface area contributed by atoms with Gasteiger partial charge in [0, 0.05) is 12.8 Å². The number of hydrogen-bond acceptors (Lipinski definition) is 8. The van der Waals surface area contributed by atoms with E-state index in [-0.39, 0.29) is 22.2 Å². The number of sulfonamides is 1. The molecule has 1 aromatic heterocycles. The largest absolute Gasteiger partial charge is 0.464 e. The van der Waals surface area contributed by atoms with Crippen LogP contribution >= 0.6 is 11.3 Å². The summed E-state index contributed by atoms with van der Waals surface area (Å²) in [7, 11) is -6.16. The quantitative estimate of drug-likeness (QED) is 0.682. The normalized spacial score (nSPS) is 12.3. The molecular formula is C8H12N2O6S3. The first-order chi connectivity index (χ1) is 8.67. The van der Waals surface area contributed by atoms with Crippen molar-refractivity contribution in [3.8, 4) is 0 Å². The van der Waals surface area contributed by atoms with Gasteiger partial charge in [-0.25, -0.2) is 31.3 Å². The zero-order chi connectivity index (χ0) is 14.7. The highest BCUT2D eigenvalue weighted by atomic mass is 32.2. The summed E-state index contributed by atoms with van der Waals surface area (Å²) in [6.45, 7) is -0.278. The Labute approximate surface area is 114 Å². The summed E-state index contributed by atoms with van der Waals surface area (Å²) in [5, 5.41) is 0. The minimum atomic E-state index is -3.98. The maximum atomic E-state index is 11.9. The van der Waals surface area contributed by atoms with E-state index in [1.165, 1.54) is 5.51 Å². The third kappa shape index (κ3) is 4.53. The number of thiazole rings is 1. The molecule has 0 aliphatic rings. The zero-order valence-corrected chi connectivity index (χ0v) is 12.6. The van der Waals surface area contributed by atoms with Gasteiger partial charge in [0.05, 0.1) is 18.4 Å². The van der Waals surface area contributed by atoms with Crippen molar-refractivity contribution in [1.29, 1.82) is 0 Å². The Bertz CT molecular complexity index is 660. The second-order valence-electron chi connectivity index (χ2n) is 3.51. The van der Waals surface area contributed by atoms with E-state index >= 15 is 0 Å². The predicted octanol–water partition coefficient (Wildman–Crippen LogP) is -0.747. The van der Waals surface area contributed by atoms with Crippen LogP contribution in [0.5, 0.6) is 0 Å². The Morgan fingerprint density at radius 3 is 2.58 bits per heavy atom. The average molecular weight is 328 g/mol. The van der Waals surface area contributed by atoms with Gasteiger partial charge in [0.25, 0.3) is 10.0 Å². The number of rotatable bonds is 6. The monoisotopic (exact) mass is 328 g/mol. The molecule has 0 aliphatic carbocycles. The molecule has 0 atom stereocenters. The van der Waals surface area contributed by atoms with E-state index in [4.69, 9.17) is 0 Å². The molecule has 0 fully saturated rings. The molecule has 1 aromatic rings. The number of esters is 1. The minimum Gasteiger partial charge on any atom is -0.464 e. The van der Waals surface area contributed by atoms with E-state index in [0.717, 1.165) is 24.7 Å². The van der Waals surface area contributed by atoms with E-state index in [1.807, 2.05) is 0 Å². The lowest BCUT2D eigenvalue weighted by atomic mass is 10.5. The smallest absolute Gasteiger partial charge is 0.358 e. The molecule has 11 heteroatoms. The standard InChI is InChI=1S/C8H12N2O6S3/c1-16-7(11)6-8(17-5-9-6)19(14,15)10-3-4-18(2,12)13/h5,10H,3-4H2,1-2H3. The maximum absolute atomic E-state index is 11.9. The van der Waals surface area contributed by atoms with E-state index in [0.29, 0.717) is 0 Å². The van der Waals surface area contributed by atoms with E-state index in [1.54, 1.807) is 0 Å². The number of carbonyl (C=O) groups excluding carboxylic acids is 1. The Hall–Kier alpha value is -1.04. The van der Waals surface area contributed by atoms with Crippen molar-refractivity contribution < 1.29 is 26.4 Å². The molecule has 0 aliphatic heterocycles. The number of hydrogen-bond donors (Lipinski definition) is 1. The third-order valence-corrected chi connectivity index (χ3v) is 5.70. The van der Waals surface area contributed by atoms with Crippen LogP contribution < -0.4 is 4.72 Å². The van der Waals surface area contributed by atoms with Gasteiger partial charge in [0.1, 0.15) is 9.84 Å². The van der Waals surface area contributed by atoms with Crippen LogP contribution in [0.4, 0.5) is 0 Å². The highest BCUT2D eigenvalue weighted by Gasteiger charge is 2.26. The summed E-state index contributed by atoms with van der Waals surface area (Å²) in [5.41, 5.74) is 0.872. The molecule has 1 rings (SSSR count). The van der Waals surface area contributed by atoms with Crippen LogP contribution in [-0.2, 0) is 24.6 Å². The van der Waals surface area contributed by atoms with Crippen molar-refractivity contribution in [3.63, 3.8) is 0 Å².